The van der Waals surface area contributed by atoms with Crippen LogP contribution in [0.5, 0.6) is 5.75 Å². The molecule has 13 nitrogen and oxygen atoms in total. The minimum Gasteiger partial charge on any atom is -0.490 e. The van der Waals surface area contributed by atoms with Gasteiger partial charge in [0.1, 0.15) is 18.2 Å². The van der Waals surface area contributed by atoms with Crippen LogP contribution < -0.4 is 10.1 Å². The number of hydrogen-bond acceptors (Lipinski definition) is 8. The molecule has 1 aromatic heterocycles. The van der Waals surface area contributed by atoms with Crippen molar-refractivity contribution in [2.45, 2.75) is 51.4 Å². The molecule has 0 saturated heterocycles. The molecule has 1 aliphatic heterocycles. The highest BCUT2D eigenvalue weighted by Crippen LogP contribution is 2.34. The van der Waals surface area contributed by atoms with Crippen molar-refractivity contribution < 1.29 is 83.1 Å². The summed E-state index contributed by atoms with van der Waals surface area (Å²) < 4.78 is 116. The fourth-order valence-corrected chi connectivity index (χ4v) is 4.44. The second kappa shape index (κ2) is 21.0. The first-order valence-corrected chi connectivity index (χ1v) is 15.8. The first-order chi connectivity index (χ1) is 25.6. The highest BCUT2D eigenvalue weighted by Gasteiger charge is 2.39. The molecule has 0 bridgehead atoms. The van der Waals surface area contributed by atoms with Crippen molar-refractivity contribution >= 4 is 29.5 Å². The minimum atomic E-state index is -5.08. The number of amides is 1. The molecular formula is C33H37F10N5O8. The maximum atomic E-state index is 15.1. The molecule has 1 amide bonds. The van der Waals surface area contributed by atoms with Crippen LogP contribution in [0.25, 0.3) is 11.1 Å². The second-order valence-electron chi connectivity index (χ2n) is 12.2. The van der Waals surface area contributed by atoms with Crippen molar-refractivity contribution in [2.75, 3.05) is 39.1 Å². The molecule has 1 aliphatic rings. The Bertz CT molecular complexity index is 1690. The Labute approximate surface area is 311 Å². The molecular weight excluding hydrogens is 784 g/mol. The number of halogens is 10. The van der Waals surface area contributed by atoms with E-state index in [9.17, 15) is 44.3 Å². The summed E-state index contributed by atoms with van der Waals surface area (Å²) in [6.45, 7) is 6.90. The molecule has 0 aliphatic carbocycles. The number of hydrogen-bond donors (Lipinski definition) is 5. The average molecular weight is 822 g/mol. The van der Waals surface area contributed by atoms with Gasteiger partial charge in [-0.2, -0.15) is 44.6 Å². The topological polar surface area (TPSA) is 185 Å². The molecule has 0 fully saturated rings. The van der Waals surface area contributed by atoms with E-state index in [0.29, 0.717) is 54.6 Å². The number of carbonyl (C=O) groups is 4. The van der Waals surface area contributed by atoms with Gasteiger partial charge in [-0.1, -0.05) is 38.1 Å². The predicted molar refractivity (Wildman–Crippen MR) is 177 cm³/mol. The molecule has 1 atom stereocenters. The SMILES string of the molecule is CC(C)CN1Cc2ccccc2C[C@@H]1C(=O)Nc1cc(F)c(-c2cn[nH]c2)cc1OCCN(C)C.O=C(O)C(F)(F)F.O=C(O)C(F)(F)F.O=C(O)C(F)(F)F. The lowest BCUT2D eigenvalue weighted by atomic mass is 9.92. The Hall–Kier alpha value is -5.45. The van der Waals surface area contributed by atoms with Crippen LogP contribution in [0.15, 0.2) is 48.8 Å². The number of aromatic amines is 1. The number of nitrogens with one attached hydrogen (secondary N) is 2. The van der Waals surface area contributed by atoms with Crippen LogP contribution >= 0.6 is 0 Å². The number of alkyl halides is 9. The summed E-state index contributed by atoms with van der Waals surface area (Å²) in [7, 11) is 3.91. The van der Waals surface area contributed by atoms with E-state index in [4.69, 9.17) is 34.4 Å². The van der Waals surface area contributed by atoms with Crippen molar-refractivity contribution in [1.82, 2.24) is 20.0 Å². The zero-order valence-corrected chi connectivity index (χ0v) is 29.8. The van der Waals surface area contributed by atoms with Gasteiger partial charge in [-0.05, 0) is 43.6 Å². The lowest BCUT2D eigenvalue weighted by Gasteiger charge is -2.37. The summed E-state index contributed by atoms with van der Waals surface area (Å²) in [6.07, 6.45) is -11.5. The van der Waals surface area contributed by atoms with E-state index in [-0.39, 0.29) is 11.9 Å². The molecule has 0 unspecified atom stereocenters. The maximum absolute atomic E-state index is 15.1. The molecule has 0 saturated carbocycles. The Morgan fingerprint density at radius 3 is 1.84 bits per heavy atom. The van der Waals surface area contributed by atoms with Crippen molar-refractivity contribution in [3.63, 3.8) is 0 Å². The molecule has 0 spiro atoms. The summed E-state index contributed by atoms with van der Waals surface area (Å²) in [5.41, 5.74) is 3.74. The Balaban J connectivity index is 0.000000610. The number of anilines is 1. The van der Waals surface area contributed by atoms with E-state index in [1.54, 1.807) is 18.5 Å². The van der Waals surface area contributed by atoms with E-state index < -0.39 is 42.3 Å². The zero-order valence-electron chi connectivity index (χ0n) is 29.8. The largest absolute Gasteiger partial charge is 0.490 e. The van der Waals surface area contributed by atoms with E-state index in [1.165, 1.54) is 17.2 Å². The molecule has 0 radical (unpaired) electrons. The van der Waals surface area contributed by atoms with Crippen LogP contribution in [-0.4, -0.2) is 117 Å². The standard InChI is InChI=1S/C27H34FN5O2.3C2HF3O2/c1-18(2)16-33-17-20-8-6-5-7-19(20)11-25(33)27(34)31-24-13-23(28)22(21-14-29-30-15-21)12-26(24)35-10-9-32(3)4;3*3-2(4,5)1(6)7/h5-8,12-15,18,25H,9-11,16-17H2,1-4H3,(H,29,30)(H,31,34);3*(H,6,7)/t25-;;;/m1.../s1. The molecule has 5 N–H and O–H groups in total. The second-order valence-corrected chi connectivity index (χ2v) is 12.2. The summed E-state index contributed by atoms with van der Waals surface area (Å²) in [4.78, 5) is 44.5. The van der Waals surface area contributed by atoms with Gasteiger partial charge >= 0.3 is 36.4 Å². The Kier molecular flexibility index (Phi) is 18.2. The van der Waals surface area contributed by atoms with Gasteiger partial charge in [-0.15, -0.1) is 0 Å². The third-order valence-corrected chi connectivity index (χ3v) is 6.91. The first-order valence-electron chi connectivity index (χ1n) is 15.8. The zero-order chi connectivity index (χ0) is 43.2. The number of fused-ring (bicyclic) bond motifs is 1. The fraction of sp³-hybridized carbons (Fsp3) is 0.424. The number of benzene rings is 2. The smallest absolute Gasteiger partial charge is 0.490 e. The third-order valence-electron chi connectivity index (χ3n) is 6.91. The first kappa shape index (κ1) is 48.6. The van der Waals surface area contributed by atoms with Gasteiger partial charge < -0.3 is 30.3 Å². The highest BCUT2D eigenvalue weighted by molar-refractivity contribution is 5.97. The van der Waals surface area contributed by atoms with E-state index in [1.807, 2.05) is 31.1 Å². The third kappa shape index (κ3) is 16.9. The van der Waals surface area contributed by atoms with Gasteiger partial charge in [-0.25, -0.2) is 18.8 Å². The van der Waals surface area contributed by atoms with Crippen molar-refractivity contribution in [2.24, 2.45) is 5.92 Å². The summed E-state index contributed by atoms with van der Waals surface area (Å²) in [5.74, 6) is -8.04. The van der Waals surface area contributed by atoms with Crippen molar-refractivity contribution in [3.8, 4) is 16.9 Å². The van der Waals surface area contributed by atoms with E-state index in [0.717, 1.165) is 6.54 Å². The van der Waals surface area contributed by atoms with Gasteiger partial charge in [0.15, 0.2) is 0 Å². The molecule has 56 heavy (non-hydrogen) atoms. The molecule has 4 rings (SSSR count). The fourth-order valence-electron chi connectivity index (χ4n) is 4.44. The summed E-state index contributed by atoms with van der Waals surface area (Å²) >= 11 is 0. The van der Waals surface area contributed by atoms with Crippen LogP contribution in [0.2, 0.25) is 0 Å². The number of rotatable bonds is 9. The number of ether oxygens (including phenoxy) is 1. The van der Waals surface area contributed by atoms with Gasteiger partial charge in [0.2, 0.25) is 5.91 Å². The van der Waals surface area contributed by atoms with Crippen molar-refractivity contribution in [1.29, 1.82) is 0 Å². The van der Waals surface area contributed by atoms with E-state index in [2.05, 4.69) is 46.4 Å². The number of carboxylic acid groups (broad SMARTS) is 3. The quantitative estimate of drug-likeness (QED) is 0.158. The molecule has 2 aromatic carbocycles. The summed E-state index contributed by atoms with van der Waals surface area (Å²) in [5, 5.41) is 31.0. The van der Waals surface area contributed by atoms with Crippen molar-refractivity contribution in [3.05, 3.63) is 65.7 Å². The van der Waals surface area contributed by atoms with Crippen LogP contribution in [0, 0.1) is 11.7 Å². The van der Waals surface area contributed by atoms with Gasteiger partial charge in [0, 0.05) is 43.0 Å². The number of H-pyrrole nitrogens is 1. The lowest BCUT2D eigenvalue weighted by molar-refractivity contribution is -0.193. The number of carboxylic acids is 3. The maximum Gasteiger partial charge on any atom is 0.490 e. The molecule has 3 aromatic rings. The van der Waals surface area contributed by atoms with E-state index >= 15 is 4.39 Å². The number of aromatic nitrogens is 2. The number of aliphatic carboxylic acids is 3. The minimum absolute atomic E-state index is 0.159. The molecule has 23 heteroatoms. The Morgan fingerprint density at radius 2 is 1.41 bits per heavy atom. The van der Waals surface area contributed by atoms with Crippen LogP contribution in [0.1, 0.15) is 25.0 Å². The van der Waals surface area contributed by atoms with Gasteiger partial charge in [0.25, 0.3) is 0 Å². The van der Waals surface area contributed by atoms with Gasteiger partial charge in [0.05, 0.1) is 17.9 Å². The molecule has 312 valence electrons. The van der Waals surface area contributed by atoms with Gasteiger partial charge in [-0.3, -0.25) is 14.8 Å². The average Bonchev–Trinajstić information content (AvgIpc) is 3.59. The Morgan fingerprint density at radius 1 is 0.911 bits per heavy atom. The number of carbonyl (C=O) groups excluding carboxylic acids is 1. The summed E-state index contributed by atoms with van der Waals surface area (Å²) in [6, 6.07) is 10.9. The molecule has 2 heterocycles. The van der Waals surface area contributed by atoms with Crippen LogP contribution in [0.3, 0.4) is 0 Å². The predicted octanol–water partition coefficient (Wildman–Crippen LogP) is 6.08. The number of likely N-dealkylation sites (N-methyl/N-ethyl adjacent to an activating group) is 1. The monoisotopic (exact) mass is 821 g/mol. The number of nitrogens with zero attached hydrogens (tertiary/aromatic N) is 3. The van der Waals surface area contributed by atoms with Crippen LogP contribution in [-0.2, 0) is 32.1 Å². The van der Waals surface area contributed by atoms with Crippen LogP contribution in [0.4, 0.5) is 49.6 Å². The normalized spacial score (nSPS) is 14.2. The highest BCUT2D eigenvalue weighted by atomic mass is 19.4. The lowest BCUT2D eigenvalue weighted by Crippen LogP contribution is -2.49.